The molecule has 1 saturated carbocycles. The summed E-state index contributed by atoms with van der Waals surface area (Å²) in [5.41, 5.74) is 0. The minimum Gasteiger partial charge on any atom is -0.480 e. The predicted octanol–water partition coefficient (Wildman–Crippen LogP) is 0.646. The quantitative estimate of drug-likeness (QED) is 0.797. The molecular formula is C14H23N3O4. The van der Waals surface area contributed by atoms with Crippen molar-refractivity contribution in [2.24, 2.45) is 0 Å². The van der Waals surface area contributed by atoms with Crippen LogP contribution in [0.4, 0.5) is 4.79 Å². The molecule has 0 bridgehead atoms. The SMILES string of the molecule is CNC(=O)C1CCCN1C(=O)N(CC(=O)O)C1CCCC1. The Kier molecular flexibility index (Phi) is 5.03. The first-order valence-corrected chi connectivity index (χ1v) is 7.55. The van der Waals surface area contributed by atoms with Gasteiger partial charge in [-0.2, -0.15) is 0 Å². The summed E-state index contributed by atoms with van der Waals surface area (Å²) in [6, 6.07) is -0.796. The van der Waals surface area contributed by atoms with E-state index in [1.165, 1.54) is 9.80 Å². The van der Waals surface area contributed by atoms with Crippen molar-refractivity contribution < 1.29 is 19.5 Å². The fraction of sp³-hybridized carbons (Fsp3) is 0.786. The molecule has 1 atom stereocenters. The highest BCUT2D eigenvalue weighted by molar-refractivity contribution is 5.88. The Morgan fingerprint density at radius 2 is 1.86 bits per heavy atom. The average molecular weight is 297 g/mol. The van der Waals surface area contributed by atoms with E-state index in [1.807, 2.05) is 0 Å². The lowest BCUT2D eigenvalue weighted by Crippen LogP contribution is -2.53. The van der Waals surface area contributed by atoms with E-state index in [1.54, 1.807) is 7.05 Å². The second kappa shape index (κ2) is 6.78. The van der Waals surface area contributed by atoms with Gasteiger partial charge in [0, 0.05) is 19.6 Å². The number of urea groups is 1. The number of carboxylic acids is 1. The molecule has 21 heavy (non-hydrogen) atoms. The molecular weight excluding hydrogens is 274 g/mol. The van der Waals surface area contributed by atoms with Gasteiger partial charge in [-0.05, 0) is 25.7 Å². The van der Waals surface area contributed by atoms with Crippen molar-refractivity contribution in [3.63, 3.8) is 0 Å². The van der Waals surface area contributed by atoms with E-state index in [2.05, 4.69) is 5.32 Å². The molecule has 0 aromatic carbocycles. The number of rotatable bonds is 4. The largest absolute Gasteiger partial charge is 0.480 e. The molecule has 0 aromatic rings. The number of carboxylic acid groups (broad SMARTS) is 1. The molecule has 1 unspecified atom stereocenters. The van der Waals surface area contributed by atoms with E-state index >= 15 is 0 Å². The number of carbonyl (C=O) groups excluding carboxylic acids is 2. The Balaban J connectivity index is 2.12. The molecule has 2 aliphatic rings. The number of amides is 3. The van der Waals surface area contributed by atoms with Crippen molar-refractivity contribution in [1.29, 1.82) is 0 Å². The molecule has 1 aliphatic carbocycles. The molecule has 118 valence electrons. The highest BCUT2D eigenvalue weighted by Crippen LogP contribution is 2.27. The summed E-state index contributed by atoms with van der Waals surface area (Å²) in [5.74, 6) is -1.19. The van der Waals surface area contributed by atoms with Gasteiger partial charge in [-0.15, -0.1) is 0 Å². The van der Waals surface area contributed by atoms with Crippen molar-refractivity contribution in [2.45, 2.75) is 50.6 Å². The Bertz CT molecular complexity index is 420. The second-order valence-corrected chi connectivity index (χ2v) is 5.71. The van der Waals surface area contributed by atoms with E-state index in [0.717, 1.165) is 32.1 Å². The van der Waals surface area contributed by atoms with Crippen LogP contribution in [-0.4, -0.2) is 65.0 Å². The first-order valence-electron chi connectivity index (χ1n) is 7.55. The maximum absolute atomic E-state index is 12.7. The van der Waals surface area contributed by atoms with Crippen LogP contribution in [0.1, 0.15) is 38.5 Å². The van der Waals surface area contributed by atoms with Crippen LogP contribution in [0.3, 0.4) is 0 Å². The van der Waals surface area contributed by atoms with Gasteiger partial charge in [0.25, 0.3) is 0 Å². The fourth-order valence-electron chi connectivity index (χ4n) is 3.31. The number of aliphatic carboxylic acids is 1. The van der Waals surface area contributed by atoms with Crippen LogP contribution in [0, 0.1) is 0 Å². The molecule has 2 N–H and O–H groups in total. The van der Waals surface area contributed by atoms with Crippen LogP contribution in [0.2, 0.25) is 0 Å². The van der Waals surface area contributed by atoms with Gasteiger partial charge in [-0.3, -0.25) is 9.59 Å². The van der Waals surface area contributed by atoms with Crippen molar-refractivity contribution >= 4 is 17.9 Å². The molecule has 2 rings (SSSR count). The van der Waals surface area contributed by atoms with Gasteiger partial charge >= 0.3 is 12.0 Å². The summed E-state index contributed by atoms with van der Waals surface area (Å²) >= 11 is 0. The second-order valence-electron chi connectivity index (χ2n) is 5.71. The molecule has 0 radical (unpaired) electrons. The van der Waals surface area contributed by atoms with E-state index < -0.39 is 12.0 Å². The maximum atomic E-state index is 12.7. The summed E-state index contributed by atoms with van der Waals surface area (Å²) in [5, 5.41) is 11.6. The van der Waals surface area contributed by atoms with Crippen LogP contribution in [-0.2, 0) is 9.59 Å². The summed E-state index contributed by atoms with van der Waals surface area (Å²) < 4.78 is 0. The summed E-state index contributed by atoms with van der Waals surface area (Å²) in [6.07, 6.45) is 5.14. The zero-order chi connectivity index (χ0) is 15.4. The molecule has 0 spiro atoms. The first-order chi connectivity index (χ1) is 10.0. The fourth-order valence-corrected chi connectivity index (χ4v) is 3.31. The zero-order valence-electron chi connectivity index (χ0n) is 12.4. The molecule has 0 aromatic heterocycles. The van der Waals surface area contributed by atoms with Gasteiger partial charge in [0.05, 0.1) is 0 Å². The van der Waals surface area contributed by atoms with Crippen molar-refractivity contribution in [2.75, 3.05) is 20.1 Å². The zero-order valence-corrected chi connectivity index (χ0v) is 12.4. The van der Waals surface area contributed by atoms with E-state index in [0.29, 0.717) is 13.0 Å². The normalized spacial score (nSPS) is 22.3. The number of carbonyl (C=O) groups is 3. The Labute approximate surface area is 124 Å². The molecule has 3 amide bonds. The third kappa shape index (κ3) is 3.46. The summed E-state index contributed by atoms with van der Waals surface area (Å²) in [4.78, 5) is 38.6. The third-order valence-electron chi connectivity index (χ3n) is 4.36. The minimum absolute atomic E-state index is 0.0143. The van der Waals surface area contributed by atoms with Gasteiger partial charge in [0.1, 0.15) is 12.6 Å². The molecule has 1 saturated heterocycles. The average Bonchev–Trinajstić information content (AvgIpc) is 3.13. The summed E-state index contributed by atoms with van der Waals surface area (Å²) in [6.45, 7) is 0.222. The van der Waals surface area contributed by atoms with Crippen LogP contribution < -0.4 is 5.32 Å². The highest BCUT2D eigenvalue weighted by atomic mass is 16.4. The van der Waals surface area contributed by atoms with Gasteiger partial charge in [-0.1, -0.05) is 12.8 Å². The predicted molar refractivity (Wildman–Crippen MR) is 75.8 cm³/mol. The first kappa shape index (κ1) is 15.6. The van der Waals surface area contributed by atoms with Gasteiger partial charge in [0.15, 0.2) is 0 Å². The lowest BCUT2D eigenvalue weighted by Gasteiger charge is -2.33. The number of nitrogens with one attached hydrogen (secondary N) is 1. The van der Waals surface area contributed by atoms with Gasteiger partial charge in [-0.25, -0.2) is 4.79 Å². The molecule has 7 heteroatoms. The van der Waals surface area contributed by atoms with Crippen LogP contribution in [0.25, 0.3) is 0 Å². The van der Waals surface area contributed by atoms with E-state index in [4.69, 9.17) is 5.11 Å². The van der Waals surface area contributed by atoms with Gasteiger partial charge in [0.2, 0.25) is 5.91 Å². The van der Waals surface area contributed by atoms with Gasteiger partial charge < -0.3 is 20.2 Å². The standard InChI is InChI=1S/C14H23N3O4/c1-15-13(20)11-7-4-8-16(11)14(21)17(9-12(18)19)10-5-2-3-6-10/h10-11H,2-9H2,1H3,(H,15,20)(H,18,19). The van der Waals surface area contributed by atoms with Crippen molar-refractivity contribution in [1.82, 2.24) is 15.1 Å². The third-order valence-corrected chi connectivity index (χ3v) is 4.36. The molecule has 2 fully saturated rings. The summed E-state index contributed by atoms with van der Waals surface area (Å²) in [7, 11) is 1.55. The molecule has 1 heterocycles. The van der Waals surface area contributed by atoms with E-state index in [9.17, 15) is 14.4 Å². The van der Waals surface area contributed by atoms with Crippen molar-refractivity contribution in [3.8, 4) is 0 Å². The minimum atomic E-state index is -1.01. The number of likely N-dealkylation sites (N-methyl/N-ethyl adjacent to an activating group) is 1. The maximum Gasteiger partial charge on any atom is 0.323 e. The number of nitrogens with zero attached hydrogens (tertiary/aromatic N) is 2. The number of likely N-dealkylation sites (tertiary alicyclic amines) is 1. The molecule has 7 nitrogen and oxygen atoms in total. The Hall–Kier alpha value is -1.79. The monoisotopic (exact) mass is 297 g/mol. The van der Waals surface area contributed by atoms with Crippen molar-refractivity contribution in [3.05, 3.63) is 0 Å². The smallest absolute Gasteiger partial charge is 0.323 e. The number of hydrogen-bond acceptors (Lipinski definition) is 3. The van der Waals surface area contributed by atoms with Crippen LogP contribution in [0.15, 0.2) is 0 Å². The highest BCUT2D eigenvalue weighted by Gasteiger charge is 2.38. The number of hydrogen-bond donors (Lipinski definition) is 2. The Morgan fingerprint density at radius 1 is 1.19 bits per heavy atom. The molecule has 1 aliphatic heterocycles. The van der Waals surface area contributed by atoms with E-state index in [-0.39, 0.29) is 24.5 Å². The topological polar surface area (TPSA) is 90.0 Å². The van der Waals surface area contributed by atoms with Crippen LogP contribution in [0.5, 0.6) is 0 Å². The Morgan fingerprint density at radius 3 is 2.43 bits per heavy atom. The van der Waals surface area contributed by atoms with Crippen LogP contribution >= 0.6 is 0 Å². The lowest BCUT2D eigenvalue weighted by atomic mass is 10.2. The lowest BCUT2D eigenvalue weighted by molar-refractivity contribution is -0.138.